The van der Waals surface area contributed by atoms with Gasteiger partial charge < -0.3 is 10.1 Å². The van der Waals surface area contributed by atoms with Gasteiger partial charge in [-0.2, -0.15) is 0 Å². The molecule has 4 aromatic heterocycles. The van der Waals surface area contributed by atoms with E-state index in [2.05, 4.69) is 20.3 Å². The van der Waals surface area contributed by atoms with Crippen molar-refractivity contribution in [2.45, 2.75) is 0 Å². The van der Waals surface area contributed by atoms with Gasteiger partial charge in [-0.25, -0.2) is 9.97 Å². The Bertz CT molecular complexity index is 1240. The number of nitrogens with zero attached hydrogens (tertiary/aromatic N) is 4. The van der Waals surface area contributed by atoms with Gasteiger partial charge in [0.25, 0.3) is 5.91 Å². The van der Waals surface area contributed by atoms with Crippen LogP contribution in [-0.2, 0) is 0 Å². The molecule has 0 aliphatic rings. The third-order valence-corrected chi connectivity index (χ3v) is 5.61. The van der Waals surface area contributed by atoms with Gasteiger partial charge in [0.2, 0.25) is 5.88 Å². The maximum absolute atomic E-state index is 12.5. The lowest BCUT2D eigenvalue weighted by Crippen LogP contribution is -2.09. The molecule has 7 nitrogen and oxygen atoms in total. The third-order valence-electron chi connectivity index (χ3n) is 3.84. The number of aromatic nitrogens is 4. The predicted molar refractivity (Wildman–Crippen MR) is 105 cm³/mol. The minimum Gasteiger partial charge on any atom is -0.438 e. The number of amides is 1. The van der Waals surface area contributed by atoms with Crippen molar-refractivity contribution in [2.24, 2.45) is 0 Å². The molecule has 0 fully saturated rings. The van der Waals surface area contributed by atoms with Crippen LogP contribution in [0.3, 0.4) is 0 Å². The summed E-state index contributed by atoms with van der Waals surface area (Å²) in [6.45, 7) is 0. The monoisotopic (exact) mass is 393 g/mol. The summed E-state index contributed by atoms with van der Waals surface area (Å²) in [5.74, 6) is 0.866. The number of nitrogens with one attached hydrogen (secondary N) is 1. The Kier molecular flexibility index (Phi) is 3.80. The number of thiophene rings is 1. The summed E-state index contributed by atoms with van der Waals surface area (Å²) < 4.78 is 7.58. The summed E-state index contributed by atoms with van der Waals surface area (Å²) in [5, 5.41) is 4.87. The van der Waals surface area contributed by atoms with Crippen LogP contribution in [0.5, 0.6) is 11.6 Å². The number of rotatable bonds is 4. The molecule has 0 aliphatic carbocycles. The molecule has 132 valence electrons. The molecule has 0 radical (unpaired) electrons. The van der Waals surface area contributed by atoms with Crippen molar-refractivity contribution in [1.29, 1.82) is 0 Å². The fraction of sp³-hybridized carbons (Fsp3) is 0. The zero-order valence-electron chi connectivity index (χ0n) is 13.7. The number of anilines is 1. The first kappa shape index (κ1) is 15.9. The van der Waals surface area contributed by atoms with Crippen LogP contribution in [-0.4, -0.2) is 25.3 Å². The molecule has 1 amide bonds. The lowest BCUT2D eigenvalue weighted by Gasteiger charge is -2.06. The first-order valence-electron chi connectivity index (χ1n) is 7.97. The number of thiazole rings is 1. The zero-order valence-corrected chi connectivity index (χ0v) is 15.3. The Labute approximate surface area is 160 Å². The molecule has 0 bridgehead atoms. The van der Waals surface area contributed by atoms with E-state index in [1.54, 1.807) is 48.0 Å². The Morgan fingerprint density at radius 3 is 2.89 bits per heavy atom. The Balaban J connectivity index is 1.32. The number of fused-ring (bicyclic) bond motifs is 3. The van der Waals surface area contributed by atoms with E-state index in [4.69, 9.17) is 4.74 Å². The van der Waals surface area contributed by atoms with E-state index in [0.29, 0.717) is 22.2 Å². The number of hydrogen-bond acceptors (Lipinski definition) is 7. The van der Waals surface area contributed by atoms with Gasteiger partial charge in [0.1, 0.15) is 10.6 Å². The SMILES string of the molecule is O=C(Nc1ccc(Oc2cnccn2)cc1)c1cc2c(nc3sccn32)s1. The molecule has 27 heavy (non-hydrogen) atoms. The summed E-state index contributed by atoms with van der Waals surface area (Å²) in [7, 11) is 0. The fourth-order valence-electron chi connectivity index (χ4n) is 2.62. The molecule has 0 saturated carbocycles. The summed E-state index contributed by atoms with van der Waals surface area (Å²) >= 11 is 2.96. The Morgan fingerprint density at radius 2 is 2.07 bits per heavy atom. The van der Waals surface area contributed by atoms with Crippen LogP contribution in [0.2, 0.25) is 0 Å². The van der Waals surface area contributed by atoms with E-state index in [1.807, 2.05) is 22.0 Å². The number of carbonyl (C=O) groups is 1. The van der Waals surface area contributed by atoms with Gasteiger partial charge in [0.15, 0.2) is 4.96 Å². The fourth-order valence-corrected chi connectivity index (χ4v) is 4.31. The van der Waals surface area contributed by atoms with Crippen molar-refractivity contribution < 1.29 is 9.53 Å². The van der Waals surface area contributed by atoms with Crippen molar-refractivity contribution in [3.8, 4) is 11.6 Å². The minimum atomic E-state index is -0.162. The molecule has 5 rings (SSSR count). The molecule has 0 spiro atoms. The number of carbonyl (C=O) groups excluding carboxylic acids is 1. The van der Waals surface area contributed by atoms with Crippen LogP contribution in [0.4, 0.5) is 5.69 Å². The second-order valence-corrected chi connectivity index (χ2v) is 7.50. The molecule has 0 unspecified atom stereocenters. The molecule has 1 N–H and O–H groups in total. The summed E-state index contributed by atoms with van der Waals surface area (Å²) in [6, 6.07) is 8.96. The summed E-state index contributed by atoms with van der Waals surface area (Å²) in [5.41, 5.74) is 1.63. The van der Waals surface area contributed by atoms with E-state index in [1.165, 1.54) is 17.5 Å². The van der Waals surface area contributed by atoms with Crippen LogP contribution in [0.15, 0.2) is 60.5 Å². The lowest BCUT2D eigenvalue weighted by atomic mass is 10.3. The first-order chi connectivity index (χ1) is 13.3. The maximum Gasteiger partial charge on any atom is 0.265 e. The van der Waals surface area contributed by atoms with Crippen LogP contribution in [0.1, 0.15) is 9.67 Å². The molecule has 5 aromatic rings. The zero-order chi connectivity index (χ0) is 18.2. The maximum atomic E-state index is 12.5. The second kappa shape index (κ2) is 6.45. The predicted octanol–water partition coefficient (Wildman–Crippen LogP) is 4.45. The molecular formula is C18H11N5O2S2. The van der Waals surface area contributed by atoms with Crippen LogP contribution in [0, 0.1) is 0 Å². The van der Waals surface area contributed by atoms with E-state index in [-0.39, 0.29) is 5.91 Å². The number of hydrogen-bond donors (Lipinski definition) is 1. The quantitative estimate of drug-likeness (QED) is 0.488. The Morgan fingerprint density at radius 1 is 1.19 bits per heavy atom. The van der Waals surface area contributed by atoms with Crippen molar-refractivity contribution in [1.82, 2.24) is 19.4 Å². The number of ether oxygens (including phenoxy) is 1. The molecular weight excluding hydrogens is 382 g/mol. The van der Waals surface area contributed by atoms with Gasteiger partial charge in [-0.3, -0.25) is 14.2 Å². The first-order valence-corrected chi connectivity index (χ1v) is 9.66. The minimum absolute atomic E-state index is 0.162. The van der Waals surface area contributed by atoms with Crippen molar-refractivity contribution in [3.05, 3.63) is 65.4 Å². The van der Waals surface area contributed by atoms with Gasteiger partial charge in [-0.15, -0.1) is 22.7 Å². The van der Waals surface area contributed by atoms with Crippen molar-refractivity contribution >= 4 is 49.6 Å². The van der Waals surface area contributed by atoms with Gasteiger partial charge in [0.05, 0.1) is 16.6 Å². The van der Waals surface area contributed by atoms with Crippen molar-refractivity contribution in [3.63, 3.8) is 0 Å². The standard InChI is InChI=1S/C18H11N5O2S2/c24-16(14-9-13-17(27-14)22-18-23(13)7-8-26-18)21-11-1-3-12(4-2-11)25-15-10-19-5-6-20-15/h1-10H,(H,21,24). The average molecular weight is 393 g/mol. The molecule has 1 aromatic carbocycles. The molecule has 0 saturated heterocycles. The highest BCUT2D eigenvalue weighted by Gasteiger charge is 2.15. The number of benzene rings is 1. The van der Waals surface area contributed by atoms with E-state index < -0.39 is 0 Å². The van der Waals surface area contributed by atoms with Crippen LogP contribution < -0.4 is 10.1 Å². The highest BCUT2D eigenvalue weighted by molar-refractivity contribution is 7.21. The number of imidazole rings is 1. The van der Waals surface area contributed by atoms with Crippen LogP contribution >= 0.6 is 22.7 Å². The highest BCUT2D eigenvalue weighted by atomic mass is 32.1. The third kappa shape index (κ3) is 3.03. The smallest absolute Gasteiger partial charge is 0.265 e. The van der Waals surface area contributed by atoms with Crippen LogP contribution in [0.25, 0.3) is 15.3 Å². The summed E-state index contributed by atoms with van der Waals surface area (Å²) in [6.07, 6.45) is 6.63. The van der Waals surface area contributed by atoms with Crippen molar-refractivity contribution in [2.75, 3.05) is 5.32 Å². The van der Waals surface area contributed by atoms with E-state index in [9.17, 15) is 4.79 Å². The normalized spacial score (nSPS) is 11.1. The molecule has 0 aliphatic heterocycles. The molecule has 4 heterocycles. The largest absolute Gasteiger partial charge is 0.438 e. The van der Waals surface area contributed by atoms with Gasteiger partial charge in [0, 0.05) is 29.7 Å². The van der Waals surface area contributed by atoms with Gasteiger partial charge in [-0.05, 0) is 30.3 Å². The second-order valence-electron chi connectivity index (χ2n) is 5.59. The Hall–Kier alpha value is -3.30. The topological polar surface area (TPSA) is 81.4 Å². The molecule has 0 atom stereocenters. The average Bonchev–Trinajstić information content (AvgIpc) is 3.36. The highest BCUT2D eigenvalue weighted by Crippen LogP contribution is 2.29. The van der Waals surface area contributed by atoms with Gasteiger partial charge in [-0.1, -0.05) is 0 Å². The summed E-state index contributed by atoms with van der Waals surface area (Å²) in [4.78, 5) is 27.5. The van der Waals surface area contributed by atoms with E-state index >= 15 is 0 Å². The van der Waals surface area contributed by atoms with Gasteiger partial charge >= 0.3 is 0 Å². The molecule has 9 heteroatoms. The lowest BCUT2D eigenvalue weighted by molar-refractivity contribution is 0.103. The van der Waals surface area contributed by atoms with E-state index in [0.717, 1.165) is 15.3 Å².